The van der Waals surface area contributed by atoms with Crippen molar-refractivity contribution in [1.29, 1.82) is 0 Å². The molecule has 3 atom stereocenters. The third kappa shape index (κ3) is 4.82. The molecule has 0 saturated carbocycles. The number of nitrogens with zero attached hydrogens (tertiary/aromatic N) is 1. The standard InChI is InChI=1S/C20H33NO/c1-4-10-19-18(15-20(3,22)5-2)13-9-14-21(19)16-17-11-7-6-8-12-17/h6-8,11-12,18-19,22H,4-5,9-10,13-16H2,1-3H3. The zero-order valence-corrected chi connectivity index (χ0v) is 14.6. The summed E-state index contributed by atoms with van der Waals surface area (Å²) in [4.78, 5) is 2.67. The minimum absolute atomic E-state index is 0.508. The molecule has 2 rings (SSSR count). The number of piperidine rings is 1. The Bertz CT molecular complexity index is 429. The van der Waals surface area contributed by atoms with E-state index in [1.54, 1.807) is 0 Å². The Balaban J connectivity index is 2.08. The second-order valence-electron chi connectivity index (χ2n) is 7.27. The van der Waals surface area contributed by atoms with Crippen LogP contribution < -0.4 is 0 Å². The molecule has 0 radical (unpaired) electrons. The second kappa shape index (κ2) is 8.12. The monoisotopic (exact) mass is 303 g/mol. The van der Waals surface area contributed by atoms with Gasteiger partial charge in [-0.25, -0.2) is 0 Å². The molecule has 0 aliphatic carbocycles. The zero-order chi connectivity index (χ0) is 16.0. The summed E-state index contributed by atoms with van der Waals surface area (Å²) in [6.45, 7) is 8.64. The van der Waals surface area contributed by atoms with Crippen LogP contribution in [0.2, 0.25) is 0 Å². The fraction of sp³-hybridized carbons (Fsp3) is 0.700. The highest BCUT2D eigenvalue weighted by atomic mass is 16.3. The van der Waals surface area contributed by atoms with E-state index >= 15 is 0 Å². The Morgan fingerprint density at radius 3 is 2.59 bits per heavy atom. The first-order valence-electron chi connectivity index (χ1n) is 9.06. The van der Waals surface area contributed by atoms with E-state index in [4.69, 9.17) is 0 Å². The molecule has 124 valence electrons. The molecule has 0 spiro atoms. The van der Waals surface area contributed by atoms with Crippen LogP contribution in [0.4, 0.5) is 0 Å². The molecular formula is C20H33NO. The normalized spacial score (nSPS) is 25.8. The molecule has 0 bridgehead atoms. The maximum Gasteiger partial charge on any atom is 0.0620 e. The summed E-state index contributed by atoms with van der Waals surface area (Å²) in [7, 11) is 0. The summed E-state index contributed by atoms with van der Waals surface area (Å²) in [5.74, 6) is 0.632. The van der Waals surface area contributed by atoms with E-state index in [1.165, 1.54) is 37.8 Å². The third-order valence-corrected chi connectivity index (χ3v) is 5.31. The molecule has 2 nitrogen and oxygen atoms in total. The van der Waals surface area contributed by atoms with Gasteiger partial charge in [0.15, 0.2) is 0 Å². The molecule has 22 heavy (non-hydrogen) atoms. The van der Waals surface area contributed by atoms with Gasteiger partial charge in [-0.05, 0) is 57.1 Å². The molecule has 0 amide bonds. The molecule has 1 N–H and O–H groups in total. The lowest BCUT2D eigenvalue weighted by Gasteiger charge is -2.44. The minimum Gasteiger partial charge on any atom is -0.390 e. The summed E-state index contributed by atoms with van der Waals surface area (Å²) < 4.78 is 0. The zero-order valence-electron chi connectivity index (χ0n) is 14.6. The fourth-order valence-corrected chi connectivity index (χ4v) is 3.89. The van der Waals surface area contributed by atoms with Crippen molar-refractivity contribution in [3.05, 3.63) is 35.9 Å². The van der Waals surface area contributed by atoms with Gasteiger partial charge in [-0.2, -0.15) is 0 Å². The molecule has 1 heterocycles. The summed E-state index contributed by atoms with van der Waals surface area (Å²) >= 11 is 0. The Labute approximate surface area is 136 Å². The predicted molar refractivity (Wildman–Crippen MR) is 93.8 cm³/mol. The highest BCUT2D eigenvalue weighted by Crippen LogP contribution is 2.34. The molecule has 1 aromatic carbocycles. The van der Waals surface area contributed by atoms with Crippen LogP contribution in [-0.4, -0.2) is 28.2 Å². The largest absolute Gasteiger partial charge is 0.390 e. The molecular weight excluding hydrogens is 270 g/mol. The smallest absolute Gasteiger partial charge is 0.0620 e. The van der Waals surface area contributed by atoms with Crippen molar-refractivity contribution in [1.82, 2.24) is 4.90 Å². The van der Waals surface area contributed by atoms with Crippen molar-refractivity contribution in [2.45, 2.75) is 77.5 Å². The maximum absolute atomic E-state index is 10.5. The van der Waals surface area contributed by atoms with Gasteiger partial charge in [-0.1, -0.05) is 50.6 Å². The van der Waals surface area contributed by atoms with Crippen molar-refractivity contribution in [2.24, 2.45) is 5.92 Å². The molecule has 1 aliphatic heterocycles. The Kier molecular flexibility index (Phi) is 6.46. The van der Waals surface area contributed by atoms with Crippen LogP contribution in [-0.2, 0) is 6.54 Å². The number of benzene rings is 1. The Morgan fingerprint density at radius 2 is 1.95 bits per heavy atom. The van der Waals surface area contributed by atoms with Crippen LogP contribution in [0.25, 0.3) is 0 Å². The van der Waals surface area contributed by atoms with Crippen molar-refractivity contribution in [2.75, 3.05) is 6.54 Å². The lowest BCUT2D eigenvalue weighted by atomic mass is 9.78. The second-order valence-corrected chi connectivity index (χ2v) is 7.27. The number of hydrogen-bond donors (Lipinski definition) is 1. The lowest BCUT2D eigenvalue weighted by Crippen LogP contribution is -2.47. The lowest BCUT2D eigenvalue weighted by molar-refractivity contribution is -0.00978. The van der Waals surface area contributed by atoms with Crippen LogP contribution in [0.5, 0.6) is 0 Å². The van der Waals surface area contributed by atoms with Crippen LogP contribution >= 0.6 is 0 Å². The highest BCUT2D eigenvalue weighted by molar-refractivity contribution is 5.14. The molecule has 1 aliphatic rings. The Hall–Kier alpha value is -0.860. The van der Waals surface area contributed by atoms with Gasteiger partial charge >= 0.3 is 0 Å². The van der Waals surface area contributed by atoms with Crippen LogP contribution in [0.15, 0.2) is 30.3 Å². The van der Waals surface area contributed by atoms with E-state index in [0.29, 0.717) is 12.0 Å². The van der Waals surface area contributed by atoms with Crippen molar-refractivity contribution < 1.29 is 5.11 Å². The first-order chi connectivity index (χ1) is 10.6. The van der Waals surface area contributed by atoms with Gasteiger partial charge in [-0.15, -0.1) is 0 Å². The van der Waals surface area contributed by atoms with Gasteiger partial charge < -0.3 is 5.11 Å². The van der Waals surface area contributed by atoms with Gasteiger partial charge in [0.2, 0.25) is 0 Å². The summed E-state index contributed by atoms with van der Waals surface area (Å²) in [5, 5.41) is 10.5. The summed E-state index contributed by atoms with van der Waals surface area (Å²) in [6, 6.07) is 11.4. The molecule has 1 aromatic rings. The third-order valence-electron chi connectivity index (χ3n) is 5.31. The van der Waals surface area contributed by atoms with Crippen LogP contribution in [0.3, 0.4) is 0 Å². The van der Waals surface area contributed by atoms with Crippen LogP contribution in [0, 0.1) is 5.92 Å². The van der Waals surface area contributed by atoms with E-state index in [9.17, 15) is 5.11 Å². The van der Waals surface area contributed by atoms with Gasteiger partial charge in [0.05, 0.1) is 5.60 Å². The van der Waals surface area contributed by atoms with Crippen molar-refractivity contribution in [3.8, 4) is 0 Å². The Morgan fingerprint density at radius 1 is 1.23 bits per heavy atom. The summed E-state index contributed by atoms with van der Waals surface area (Å²) in [6.07, 6.45) is 6.79. The average molecular weight is 303 g/mol. The van der Waals surface area contributed by atoms with Gasteiger partial charge in [0, 0.05) is 12.6 Å². The van der Waals surface area contributed by atoms with E-state index in [-0.39, 0.29) is 0 Å². The topological polar surface area (TPSA) is 23.5 Å². The minimum atomic E-state index is -0.508. The van der Waals surface area contributed by atoms with Crippen molar-refractivity contribution in [3.63, 3.8) is 0 Å². The van der Waals surface area contributed by atoms with E-state index in [0.717, 1.165) is 19.4 Å². The molecule has 0 aromatic heterocycles. The molecule has 2 heteroatoms. The van der Waals surface area contributed by atoms with Gasteiger partial charge in [-0.3, -0.25) is 4.90 Å². The number of rotatable bonds is 7. The quantitative estimate of drug-likeness (QED) is 0.794. The van der Waals surface area contributed by atoms with E-state index in [2.05, 4.69) is 49.1 Å². The number of aliphatic hydroxyl groups is 1. The van der Waals surface area contributed by atoms with Crippen LogP contribution in [0.1, 0.15) is 64.9 Å². The molecule has 1 fully saturated rings. The fourth-order valence-electron chi connectivity index (χ4n) is 3.89. The van der Waals surface area contributed by atoms with Crippen molar-refractivity contribution >= 4 is 0 Å². The number of hydrogen-bond acceptors (Lipinski definition) is 2. The van der Waals surface area contributed by atoms with Gasteiger partial charge in [0.1, 0.15) is 0 Å². The summed E-state index contributed by atoms with van der Waals surface area (Å²) in [5.41, 5.74) is 0.901. The maximum atomic E-state index is 10.5. The average Bonchev–Trinajstić information content (AvgIpc) is 2.51. The SMILES string of the molecule is CCCC1C(CC(C)(O)CC)CCCN1Cc1ccccc1. The van der Waals surface area contributed by atoms with E-state index in [1.807, 2.05) is 6.92 Å². The van der Waals surface area contributed by atoms with Gasteiger partial charge in [0.25, 0.3) is 0 Å². The number of likely N-dealkylation sites (tertiary alicyclic amines) is 1. The first kappa shape index (κ1) is 17.5. The molecule has 3 unspecified atom stereocenters. The highest BCUT2D eigenvalue weighted by Gasteiger charge is 2.34. The first-order valence-corrected chi connectivity index (χ1v) is 9.06. The van der Waals surface area contributed by atoms with E-state index < -0.39 is 5.60 Å². The molecule has 1 saturated heterocycles. The predicted octanol–water partition coefficient (Wildman–Crippen LogP) is 4.62.